The molecule has 1 amide bonds. The highest BCUT2D eigenvalue weighted by molar-refractivity contribution is 7.92. The average molecular weight is 346 g/mol. The van der Waals surface area contributed by atoms with Crippen LogP contribution >= 0.6 is 0 Å². The van der Waals surface area contributed by atoms with Gasteiger partial charge >= 0.3 is 0 Å². The van der Waals surface area contributed by atoms with Crippen molar-refractivity contribution in [1.82, 2.24) is 0 Å². The van der Waals surface area contributed by atoms with Crippen molar-refractivity contribution in [3.05, 3.63) is 59.2 Å². The maximum atomic E-state index is 12.6. The van der Waals surface area contributed by atoms with Gasteiger partial charge in [0.15, 0.2) is 0 Å². The molecule has 5 nitrogen and oxygen atoms in total. The first kappa shape index (κ1) is 18.0. The van der Waals surface area contributed by atoms with E-state index in [2.05, 4.69) is 25.5 Å². The topological polar surface area (TPSA) is 89.3 Å². The number of primary amides is 1. The molecule has 2 aromatic rings. The van der Waals surface area contributed by atoms with Crippen LogP contribution in [0.1, 0.15) is 42.3 Å². The molecule has 0 aliphatic carbocycles. The van der Waals surface area contributed by atoms with Gasteiger partial charge in [-0.3, -0.25) is 9.52 Å². The highest BCUT2D eigenvalue weighted by atomic mass is 32.2. The van der Waals surface area contributed by atoms with Gasteiger partial charge in [-0.25, -0.2) is 8.42 Å². The van der Waals surface area contributed by atoms with Crippen LogP contribution in [0.5, 0.6) is 0 Å². The van der Waals surface area contributed by atoms with Gasteiger partial charge in [0.25, 0.3) is 15.9 Å². The highest BCUT2D eigenvalue weighted by Crippen LogP contribution is 2.26. The fourth-order valence-electron chi connectivity index (χ4n) is 2.34. The number of hydrogen-bond acceptors (Lipinski definition) is 3. The van der Waals surface area contributed by atoms with Crippen molar-refractivity contribution in [1.29, 1.82) is 0 Å². The van der Waals surface area contributed by atoms with Crippen LogP contribution in [0.15, 0.2) is 47.4 Å². The zero-order valence-corrected chi connectivity index (χ0v) is 15.1. The van der Waals surface area contributed by atoms with E-state index in [0.717, 1.165) is 5.56 Å². The Kier molecular flexibility index (Phi) is 4.71. The lowest BCUT2D eigenvalue weighted by molar-refractivity contribution is 0.100. The fourth-order valence-corrected chi connectivity index (χ4v) is 3.49. The Morgan fingerprint density at radius 3 is 2.12 bits per heavy atom. The van der Waals surface area contributed by atoms with Gasteiger partial charge in [0.2, 0.25) is 0 Å². The number of carbonyl (C=O) groups is 1. The van der Waals surface area contributed by atoms with Gasteiger partial charge < -0.3 is 5.73 Å². The minimum atomic E-state index is -3.81. The smallest absolute Gasteiger partial charge is 0.261 e. The predicted octanol–water partition coefficient (Wildman–Crippen LogP) is 3.19. The molecule has 2 aromatic carbocycles. The van der Waals surface area contributed by atoms with Crippen molar-refractivity contribution >= 4 is 21.6 Å². The van der Waals surface area contributed by atoms with Crippen LogP contribution < -0.4 is 10.5 Å². The number of hydrogen-bond donors (Lipinski definition) is 2. The first-order valence-corrected chi connectivity index (χ1v) is 9.03. The van der Waals surface area contributed by atoms with Crippen LogP contribution in [-0.2, 0) is 15.4 Å². The molecular formula is C18H22N2O3S. The van der Waals surface area contributed by atoms with E-state index in [1.54, 1.807) is 43.3 Å². The number of aryl methyl sites for hydroxylation is 1. The first-order valence-electron chi connectivity index (χ1n) is 7.55. The summed E-state index contributed by atoms with van der Waals surface area (Å²) in [5.74, 6) is -0.681. The zero-order chi connectivity index (χ0) is 18.1. The molecule has 0 atom stereocenters. The zero-order valence-electron chi connectivity index (χ0n) is 14.3. The highest BCUT2D eigenvalue weighted by Gasteiger charge is 2.20. The molecule has 0 aliphatic heterocycles. The maximum absolute atomic E-state index is 12.6. The minimum absolute atomic E-state index is 0.0646. The second-order valence-corrected chi connectivity index (χ2v) is 8.42. The van der Waals surface area contributed by atoms with E-state index in [4.69, 9.17) is 5.73 Å². The Balaban J connectivity index is 2.41. The Bertz CT molecular complexity index is 864. The average Bonchev–Trinajstić information content (AvgIpc) is 2.48. The maximum Gasteiger partial charge on any atom is 0.261 e. The van der Waals surface area contributed by atoms with Crippen molar-refractivity contribution in [3.8, 4) is 0 Å². The van der Waals surface area contributed by atoms with Crippen molar-refractivity contribution in [3.63, 3.8) is 0 Å². The second kappa shape index (κ2) is 6.28. The molecule has 0 fully saturated rings. The van der Waals surface area contributed by atoms with Crippen molar-refractivity contribution in [2.75, 3.05) is 4.72 Å². The van der Waals surface area contributed by atoms with E-state index < -0.39 is 15.9 Å². The standard InChI is InChI=1S/C18H22N2O3S/c1-12-6-5-7-15(17(19)21)16(12)20-24(22,23)14-10-8-13(9-11-14)18(2,3)4/h5-11,20H,1-4H3,(H2,19,21). The number of amides is 1. The summed E-state index contributed by atoms with van der Waals surface area (Å²) in [5, 5.41) is 0. The number of rotatable bonds is 4. The molecule has 0 aromatic heterocycles. The Hall–Kier alpha value is -2.34. The summed E-state index contributed by atoms with van der Waals surface area (Å²) >= 11 is 0. The summed E-state index contributed by atoms with van der Waals surface area (Å²) in [5.41, 5.74) is 7.29. The minimum Gasteiger partial charge on any atom is -0.366 e. The fraction of sp³-hybridized carbons (Fsp3) is 0.278. The summed E-state index contributed by atoms with van der Waals surface area (Å²) in [7, 11) is -3.81. The monoisotopic (exact) mass is 346 g/mol. The predicted molar refractivity (Wildman–Crippen MR) is 95.6 cm³/mol. The summed E-state index contributed by atoms with van der Waals surface area (Å²) < 4.78 is 27.7. The number of nitrogens with two attached hydrogens (primary N) is 1. The molecular weight excluding hydrogens is 324 g/mol. The summed E-state index contributed by atoms with van der Waals surface area (Å²) in [6.07, 6.45) is 0. The molecule has 0 bridgehead atoms. The lowest BCUT2D eigenvalue weighted by atomic mass is 9.87. The molecule has 0 saturated carbocycles. The van der Waals surface area contributed by atoms with E-state index in [0.29, 0.717) is 5.56 Å². The largest absolute Gasteiger partial charge is 0.366 e. The third kappa shape index (κ3) is 3.76. The lowest BCUT2D eigenvalue weighted by Gasteiger charge is -2.19. The number of sulfonamides is 1. The van der Waals surface area contributed by atoms with Crippen LogP contribution in [0.3, 0.4) is 0 Å². The van der Waals surface area contributed by atoms with Gasteiger partial charge in [-0.05, 0) is 41.7 Å². The lowest BCUT2D eigenvalue weighted by Crippen LogP contribution is -2.20. The third-order valence-electron chi connectivity index (χ3n) is 3.81. The van der Waals surface area contributed by atoms with Gasteiger partial charge in [0, 0.05) is 0 Å². The van der Waals surface area contributed by atoms with E-state index in [9.17, 15) is 13.2 Å². The number of nitrogens with one attached hydrogen (secondary N) is 1. The van der Waals surface area contributed by atoms with E-state index in [1.807, 2.05) is 0 Å². The molecule has 0 saturated heterocycles. The number of benzene rings is 2. The molecule has 0 unspecified atom stereocenters. The molecule has 6 heteroatoms. The SMILES string of the molecule is Cc1cccc(C(N)=O)c1NS(=O)(=O)c1ccc(C(C)(C)C)cc1. The van der Waals surface area contributed by atoms with E-state index in [1.165, 1.54) is 6.07 Å². The molecule has 0 heterocycles. The van der Waals surface area contributed by atoms with Crippen molar-refractivity contribution in [2.24, 2.45) is 5.73 Å². The van der Waals surface area contributed by atoms with Crippen LogP contribution in [0.2, 0.25) is 0 Å². The number of anilines is 1. The van der Waals surface area contributed by atoms with Crippen molar-refractivity contribution in [2.45, 2.75) is 38.0 Å². The normalized spacial score (nSPS) is 12.0. The quantitative estimate of drug-likeness (QED) is 0.891. The molecule has 0 radical (unpaired) electrons. The summed E-state index contributed by atoms with van der Waals surface area (Å²) in [6.45, 7) is 7.89. The molecule has 0 aliphatic rings. The van der Waals surface area contributed by atoms with Gasteiger partial charge in [0.05, 0.1) is 16.1 Å². The van der Waals surface area contributed by atoms with E-state index >= 15 is 0 Å². The summed E-state index contributed by atoms with van der Waals surface area (Å²) in [4.78, 5) is 11.7. The molecule has 24 heavy (non-hydrogen) atoms. The van der Waals surface area contributed by atoms with Crippen LogP contribution in [0, 0.1) is 6.92 Å². The Labute approximate surface area is 142 Å². The Morgan fingerprint density at radius 2 is 1.62 bits per heavy atom. The third-order valence-corrected chi connectivity index (χ3v) is 5.17. The van der Waals surface area contributed by atoms with Crippen LogP contribution in [0.25, 0.3) is 0 Å². The second-order valence-electron chi connectivity index (χ2n) is 6.74. The van der Waals surface area contributed by atoms with Crippen LogP contribution in [0.4, 0.5) is 5.69 Å². The molecule has 2 rings (SSSR count). The Morgan fingerprint density at radius 1 is 1.04 bits per heavy atom. The number of carbonyl (C=O) groups excluding carboxylic acids is 1. The van der Waals surface area contributed by atoms with Gasteiger partial charge in [-0.1, -0.05) is 45.0 Å². The summed E-state index contributed by atoms with van der Waals surface area (Å²) in [6, 6.07) is 11.6. The van der Waals surface area contributed by atoms with E-state index in [-0.39, 0.29) is 21.6 Å². The molecule has 0 spiro atoms. The van der Waals surface area contributed by atoms with Crippen LogP contribution in [-0.4, -0.2) is 14.3 Å². The molecule has 3 N–H and O–H groups in total. The van der Waals surface area contributed by atoms with Gasteiger partial charge in [-0.15, -0.1) is 0 Å². The van der Waals surface area contributed by atoms with Gasteiger partial charge in [-0.2, -0.15) is 0 Å². The molecule has 128 valence electrons. The van der Waals surface area contributed by atoms with Gasteiger partial charge in [0.1, 0.15) is 0 Å². The first-order chi connectivity index (χ1) is 11.0. The van der Waals surface area contributed by atoms with Crippen molar-refractivity contribution < 1.29 is 13.2 Å². The number of para-hydroxylation sites is 1.